The first-order valence-corrected chi connectivity index (χ1v) is 18.9. The smallest absolute Gasteiger partial charge is 0.309 e. The molecule has 0 amide bonds. The van der Waals surface area contributed by atoms with Crippen LogP contribution in [-0.4, -0.2) is 28.6 Å². The highest BCUT2D eigenvalue weighted by Gasteiger charge is 2.75. The standard InChI is InChI=1S/C39H64O4/c1-27-37-17-14-29-35(4,30(37)15-18-39(27,42)43-26-37)22-24-38(16-10-6-7-11-28-12-8-9-13-28)31-25-34(3,32(40)41)20-19-33(31,2)21-23-36(29,38)5/h27-31,42H,6-26H2,1-5H3,(H,40,41)/t27-,29+,30+,31-,33-,34-,35-,36-,37+,38+,39+/m1/s1. The highest BCUT2D eigenvalue weighted by molar-refractivity contribution is 5.74. The van der Waals surface area contributed by atoms with Gasteiger partial charge in [0.2, 0.25) is 0 Å². The van der Waals surface area contributed by atoms with Crippen LogP contribution in [-0.2, 0) is 9.53 Å². The average molecular weight is 597 g/mol. The topological polar surface area (TPSA) is 66.8 Å². The van der Waals surface area contributed by atoms with Crippen LogP contribution in [0.5, 0.6) is 0 Å². The second kappa shape index (κ2) is 10.2. The number of carbonyl (C=O) groups is 1. The van der Waals surface area contributed by atoms with Crippen LogP contribution in [0.15, 0.2) is 0 Å². The van der Waals surface area contributed by atoms with E-state index in [4.69, 9.17) is 4.74 Å². The summed E-state index contributed by atoms with van der Waals surface area (Å²) in [5.41, 5.74) is 0.596. The maximum absolute atomic E-state index is 12.8. The van der Waals surface area contributed by atoms with Crippen LogP contribution < -0.4 is 0 Å². The van der Waals surface area contributed by atoms with Gasteiger partial charge >= 0.3 is 5.97 Å². The van der Waals surface area contributed by atoms with Crippen LogP contribution in [0, 0.1) is 62.1 Å². The van der Waals surface area contributed by atoms with Crippen molar-refractivity contribution in [1.29, 1.82) is 0 Å². The molecule has 6 aliphatic carbocycles. The van der Waals surface area contributed by atoms with E-state index in [1.54, 1.807) is 0 Å². The van der Waals surface area contributed by atoms with Crippen LogP contribution in [0.2, 0.25) is 0 Å². The molecule has 2 N–H and O–H groups in total. The second-order valence-corrected chi connectivity index (χ2v) is 18.9. The van der Waals surface area contributed by atoms with E-state index in [0.29, 0.717) is 17.8 Å². The summed E-state index contributed by atoms with van der Waals surface area (Å²) in [7, 11) is 0. The molecular weight excluding hydrogens is 532 g/mol. The lowest BCUT2D eigenvalue weighted by molar-refractivity contribution is -0.274. The molecule has 0 unspecified atom stereocenters. The molecule has 0 aromatic rings. The molecule has 4 heteroatoms. The third-order valence-electron chi connectivity index (χ3n) is 17.5. The van der Waals surface area contributed by atoms with Crippen molar-refractivity contribution in [2.75, 3.05) is 6.61 Å². The van der Waals surface area contributed by atoms with Crippen molar-refractivity contribution >= 4 is 5.97 Å². The molecule has 2 bridgehead atoms. The fourth-order valence-electron chi connectivity index (χ4n) is 14.6. The van der Waals surface area contributed by atoms with Crippen molar-refractivity contribution in [3.63, 3.8) is 0 Å². The first-order valence-electron chi connectivity index (χ1n) is 18.9. The number of aliphatic hydroxyl groups is 1. The lowest BCUT2D eigenvalue weighted by Crippen LogP contribution is -2.69. The zero-order valence-corrected chi connectivity index (χ0v) is 28.4. The van der Waals surface area contributed by atoms with E-state index in [1.807, 2.05) is 0 Å². The molecule has 244 valence electrons. The maximum atomic E-state index is 12.8. The summed E-state index contributed by atoms with van der Waals surface area (Å²) in [6, 6.07) is 0. The average Bonchev–Trinajstić information content (AvgIpc) is 3.52. The predicted molar refractivity (Wildman–Crippen MR) is 171 cm³/mol. The summed E-state index contributed by atoms with van der Waals surface area (Å²) in [6.07, 6.45) is 24.9. The fourth-order valence-corrected chi connectivity index (χ4v) is 14.6. The summed E-state index contributed by atoms with van der Waals surface area (Å²) in [5.74, 6) is 1.56. The van der Waals surface area contributed by atoms with Crippen LogP contribution in [0.25, 0.3) is 0 Å². The number of hydrogen-bond acceptors (Lipinski definition) is 3. The Morgan fingerprint density at radius 1 is 0.791 bits per heavy atom. The Morgan fingerprint density at radius 2 is 1.51 bits per heavy atom. The van der Waals surface area contributed by atoms with Crippen molar-refractivity contribution in [2.24, 2.45) is 62.1 Å². The Kier molecular flexibility index (Phi) is 7.35. The van der Waals surface area contributed by atoms with Gasteiger partial charge < -0.3 is 14.9 Å². The number of hydrogen-bond donors (Lipinski definition) is 2. The van der Waals surface area contributed by atoms with Crippen molar-refractivity contribution in [3.8, 4) is 0 Å². The summed E-state index contributed by atoms with van der Waals surface area (Å²) >= 11 is 0. The first-order chi connectivity index (χ1) is 20.3. The normalized spacial score (nSPS) is 54.4. The quantitative estimate of drug-likeness (QED) is 0.287. The summed E-state index contributed by atoms with van der Waals surface area (Å²) < 4.78 is 6.26. The molecule has 1 heterocycles. The third-order valence-corrected chi connectivity index (χ3v) is 17.5. The highest BCUT2D eigenvalue weighted by atomic mass is 16.6. The van der Waals surface area contributed by atoms with Crippen molar-refractivity contribution in [1.82, 2.24) is 0 Å². The number of aliphatic carboxylic acids is 1. The largest absolute Gasteiger partial charge is 0.481 e. The van der Waals surface area contributed by atoms with Gasteiger partial charge in [0.15, 0.2) is 5.79 Å². The molecule has 7 fully saturated rings. The molecule has 1 spiro atoms. The minimum atomic E-state index is -0.906. The lowest BCUT2D eigenvalue weighted by atomic mass is 9.29. The summed E-state index contributed by atoms with van der Waals surface area (Å²) in [5, 5.41) is 21.9. The fraction of sp³-hybridized carbons (Fsp3) is 0.974. The number of ether oxygens (including phenoxy) is 1. The Labute approximate surface area is 262 Å². The minimum Gasteiger partial charge on any atom is -0.481 e. The van der Waals surface area contributed by atoms with Gasteiger partial charge in [0, 0.05) is 17.8 Å². The van der Waals surface area contributed by atoms with Gasteiger partial charge in [-0.3, -0.25) is 4.79 Å². The summed E-state index contributed by atoms with van der Waals surface area (Å²) in [4.78, 5) is 12.8. The van der Waals surface area contributed by atoms with E-state index in [9.17, 15) is 15.0 Å². The van der Waals surface area contributed by atoms with Gasteiger partial charge in [0.05, 0.1) is 12.0 Å². The van der Waals surface area contributed by atoms with Gasteiger partial charge in [-0.2, -0.15) is 0 Å². The molecule has 6 saturated carbocycles. The lowest BCUT2D eigenvalue weighted by Gasteiger charge is -2.75. The van der Waals surface area contributed by atoms with Crippen molar-refractivity contribution < 1.29 is 19.7 Å². The van der Waals surface area contributed by atoms with Crippen molar-refractivity contribution in [2.45, 2.75) is 169 Å². The molecule has 11 atom stereocenters. The van der Waals surface area contributed by atoms with E-state index in [1.165, 1.54) is 96.3 Å². The molecule has 1 saturated heterocycles. The Hall–Kier alpha value is -0.610. The van der Waals surface area contributed by atoms with Gasteiger partial charge in [-0.05, 0) is 123 Å². The SMILES string of the molecule is C[C@@H]1[C@@]23CC[C@H]4[C@@](C)(CC[C@@]5(CCCCCC6CCCC6)[C@@H]6C[C@](C)(C(=O)O)CC[C@]6(C)CC[C@]45C)[C@@H]2CC[C@]1(O)OC3. The predicted octanol–water partition coefficient (Wildman–Crippen LogP) is 9.77. The van der Waals surface area contributed by atoms with E-state index >= 15 is 0 Å². The number of carboxylic acids is 1. The minimum absolute atomic E-state index is 0.130. The maximum Gasteiger partial charge on any atom is 0.309 e. The number of carboxylic acid groups (broad SMARTS) is 1. The number of unbranched alkanes of at least 4 members (excludes halogenated alkanes) is 2. The van der Waals surface area contributed by atoms with E-state index in [2.05, 4.69) is 34.6 Å². The van der Waals surface area contributed by atoms with Crippen LogP contribution in [0.1, 0.15) is 163 Å². The van der Waals surface area contributed by atoms with Gasteiger partial charge in [-0.25, -0.2) is 0 Å². The molecule has 0 aromatic heterocycles. The third kappa shape index (κ3) is 4.22. The van der Waals surface area contributed by atoms with E-state index in [-0.39, 0.29) is 33.0 Å². The van der Waals surface area contributed by atoms with Gasteiger partial charge in [-0.1, -0.05) is 79.1 Å². The molecule has 7 rings (SSSR count). The highest BCUT2D eigenvalue weighted by Crippen LogP contribution is 2.80. The van der Waals surface area contributed by atoms with Gasteiger partial charge in [-0.15, -0.1) is 0 Å². The molecule has 0 radical (unpaired) electrons. The number of fused-ring (bicyclic) bond motifs is 7. The summed E-state index contributed by atoms with van der Waals surface area (Å²) in [6.45, 7) is 13.1. The zero-order valence-electron chi connectivity index (χ0n) is 28.4. The Balaban J connectivity index is 1.22. The first kappa shape index (κ1) is 31.0. The monoisotopic (exact) mass is 596 g/mol. The molecule has 4 nitrogen and oxygen atoms in total. The van der Waals surface area contributed by atoms with E-state index in [0.717, 1.165) is 44.6 Å². The number of rotatable bonds is 7. The zero-order chi connectivity index (χ0) is 30.5. The van der Waals surface area contributed by atoms with E-state index < -0.39 is 17.2 Å². The molecular formula is C39H64O4. The Morgan fingerprint density at radius 3 is 2.26 bits per heavy atom. The molecule has 43 heavy (non-hydrogen) atoms. The van der Waals surface area contributed by atoms with Gasteiger partial charge in [0.25, 0.3) is 0 Å². The molecule has 0 aromatic carbocycles. The van der Waals surface area contributed by atoms with Crippen LogP contribution in [0.4, 0.5) is 0 Å². The molecule has 1 aliphatic heterocycles. The van der Waals surface area contributed by atoms with Crippen molar-refractivity contribution in [3.05, 3.63) is 0 Å². The molecule has 7 aliphatic rings. The van der Waals surface area contributed by atoms with Crippen LogP contribution in [0.3, 0.4) is 0 Å². The second-order valence-electron chi connectivity index (χ2n) is 18.9. The van der Waals surface area contributed by atoms with Crippen LogP contribution >= 0.6 is 0 Å². The Bertz CT molecular complexity index is 1100. The van der Waals surface area contributed by atoms with Gasteiger partial charge in [0.1, 0.15) is 0 Å².